The van der Waals surface area contributed by atoms with E-state index >= 15 is 0 Å². The number of carbonyl (C=O) groups excluding carboxylic acids is 1. The lowest BCUT2D eigenvalue weighted by Crippen LogP contribution is -2.23. The van der Waals surface area contributed by atoms with Crippen LogP contribution in [0.1, 0.15) is 44.6 Å². The van der Waals surface area contributed by atoms with Crippen molar-refractivity contribution < 1.29 is 4.79 Å². The molecule has 0 unspecified atom stereocenters. The maximum atomic E-state index is 12.5. The summed E-state index contributed by atoms with van der Waals surface area (Å²) in [6.07, 6.45) is 0.998. The largest absolute Gasteiger partial charge is 0.325 e. The molecule has 0 spiro atoms. The number of imidazole rings is 1. The average molecular weight is 360 g/mol. The number of aromatic nitrogens is 2. The van der Waals surface area contributed by atoms with Crippen LogP contribution in [0.3, 0.4) is 0 Å². The molecular weight excluding hydrogens is 330 g/mol. The Hall–Kier alpha value is -1.75. The summed E-state index contributed by atoms with van der Waals surface area (Å²) in [5.74, 6) is 0.538. The second-order valence-corrected chi connectivity index (χ2v) is 8.18. The Labute approximate surface area is 155 Å². The number of amides is 1. The van der Waals surface area contributed by atoms with E-state index in [0.717, 1.165) is 29.5 Å². The second-order valence-electron chi connectivity index (χ2n) is 6.87. The fourth-order valence-corrected chi connectivity index (χ4v) is 3.58. The van der Waals surface area contributed by atoms with Crippen LogP contribution in [-0.4, -0.2) is 20.7 Å². The summed E-state index contributed by atoms with van der Waals surface area (Å²) in [4.78, 5) is 17.2. The van der Waals surface area contributed by atoms with Gasteiger partial charge in [0, 0.05) is 17.9 Å². The first-order valence-corrected chi connectivity index (χ1v) is 9.80. The van der Waals surface area contributed by atoms with Crippen LogP contribution in [0.4, 0.5) is 5.69 Å². The third kappa shape index (κ3) is 5.11. The Balaban J connectivity index is 2.06. The third-order valence-electron chi connectivity index (χ3n) is 4.25. The van der Waals surface area contributed by atoms with Crippen LogP contribution < -0.4 is 5.32 Å². The molecule has 0 fully saturated rings. The van der Waals surface area contributed by atoms with Crippen molar-refractivity contribution in [3.63, 3.8) is 0 Å². The lowest BCUT2D eigenvalue weighted by atomic mass is 10.1. The smallest absolute Gasteiger partial charge is 0.237 e. The van der Waals surface area contributed by atoms with Crippen molar-refractivity contribution in [1.82, 2.24) is 9.55 Å². The Morgan fingerprint density at radius 1 is 1.20 bits per heavy atom. The first-order valence-electron chi connectivity index (χ1n) is 8.92. The lowest BCUT2D eigenvalue weighted by Gasteiger charge is -2.15. The van der Waals surface area contributed by atoms with Crippen LogP contribution in [0.25, 0.3) is 0 Å². The van der Waals surface area contributed by atoms with Crippen molar-refractivity contribution in [2.45, 2.75) is 64.9 Å². The highest BCUT2D eigenvalue weighted by Crippen LogP contribution is 2.27. The van der Waals surface area contributed by atoms with Crippen LogP contribution >= 0.6 is 11.8 Å². The molecule has 0 aliphatic rings. The van der Waals surface area contributed by atoms with Crippen molar-refractivity contribution in [2.75, 3.05) is 5.32 Å². The van der Waals surface area contributed by atoms with Gasteiger partial charge in [-0.2, -0.15) is 0 Å². The number of carbonyl (C=O) groups is 1. The summed E-state index contributed by atoms with van der Waals surface area (Å²) < 4.78 is 2.23. The molecule has 0 saturated heterocycles. The molecule has 1 amide bonds. The molecule has 1 heterocycles. The van der Waals surface area contributed by atoms with Crippen LogP contribution in [0, 0.1) is 19.8 Å². The molecule has 1 N–H and O–H groups in total. The van der Waals surface area contributed by atoms with E-state index in [4.69, 9.17) is 0 Å². The highest BCUT2D eigenvalue weighted by atomic mass is 32.2. The molecule has 1 aromatic heterocycles. The number of nitrogens with zero attached hydrogens (tertiary/aromatic N) is 2. The maximum absolute atomic E-state index is 12.5. The molecule has 0 bridgehead atoms. The SMILES string of the molecule is CCc1ccc(NC(=O)[C@@H](C)Sc2nc(C)c(C)n2CC(C)C)cc1. The van der Waals surface area contributed by atoms with E-state index in [1.807, 2.05) is 26.0 Å². The fraction of sp³-hybridized carbons (Fsp3) is 0.500. The molecule has 1 aromatic carbocycles. The standard InChI is InChI=1S/C20H29N3OS/c1-7-17-8-10-18(11-9-17)22-19(24)16(6)25-20-21-14(4)15(5)23(20)12-13(2)3/h8-11,13,16H,7,12H2,1-6H3,(H,22,24)/t16-/m1/s1. The number of nitrogens with one attached hydrogen (secondary N) is 1. The molecule has 25 heavy (non-hydrogen) atoms. The summed E-state index contributed by atoms with van der Waals surface area (Å²) in [7, 11) is 0. The predicted octanol–water partition coefficient (Wildman–Crippen LogP) is 4.84. The van der Waals surface area contributed by atoms with Gasteiger partial charge in [-0.25, -0.2) is 4.98 Å². The molecule has 4 nitrogen and oxygen atoms in total. The lowest BCUT2D eigenvalue weighted by molar-refractivity contribution is -0.115. The van der Waals surface area contributed by atoms with E-state index < -0.39 is 0 Å². The van der Waals surface area contributed by atoms with Crippen molar-refractivity contribution in [3.8, 4) is 0 Å². The molecule has 0 aliphatic heterocycles. The first-order chi connectivity index (χ1) is 11.8. The molecule has 0 aliphatic carbocycles. The molecule has 1 atom stereocenters. The monoisotopic (exact) mass is 359 g/mol. The number of thioether (sulfide) groups is 1. The van der Waals surface area contributed by atoms with E-state index in [0.29, 0.717) is 5.92 Å². The summed E-state index contributed by atoms with van der Waals surface area (Å²) in [6.45, 7) is 13.5. The van der Waals surface area contributed by atoms with Crippen LogP contribution in [0.2, 0.25) is 0 Å². The quantitative estimate of drug-likeness (QED) is 0.720. The second kappa shape index (κ2) is 8.56. The maximum Gasteiger partial charge on any atom is 0.237 e. The van der Waals surface area contributed by atoms with Crippen molar-refractivity contribution >= 4 is 23.4 Å². The van der Waals surface area contributed by atoms with E-state index in [1.165, 1.54) is 23.0 Å². The van der Waals surface area contributed by atoms with Crippen LogP contribution in [-0.2, 0) is 17.8 Å². The van der Waals surface area contributed by atoms with E-state index in [1.54, 1.807) is 0 Å². The van der Waals surface area contributed by atoms with Crippen LogP contribution in [0.5, 0.6) is 0 Å². The van der Waals surface area contributed by atoms with Gasteiger partial charge in [0.2, 0.25) is 5.91 Å². The van der Waals surface area contributed by atoms with Crippen molar-refractivity contribution in [1.29, 1.82) is 0 Å². The number of benzene rings is 1. The normalized spacial score (nSPS) is 12.4. The first kappa shape index (κ1) is 19.6. The Bertz CT molecular complexity index is 719. The minimum absolute atomic E-state index is 0.00338. The molecule has 0 saturated carbocycles. The van der Waals surface area contributed by atoms with Gasteiger partial charge < -0.3 is 9.88 Å². The molecular formula is C20H29N3OS. The van der Waals surface area contributed by atoms with Gasteiger partial charge in [-0.15, -0.1) is 0 Å². The third-order valence-corrected chi connectivity index (χ3v) is 5.34. The summed E-state index contributed by atoms with van der Waals surface area (Å²) in [5.41, 5.74) is 4.32. The van der Waals surface area contributed by atoms with Crippen LogP contribution in [0.15, 0.2) is 29.4 Å². The average Bonchev–Trinajstić information content (AvgIpc) is 2.82. The Kier molecular flexibility index (Phi) is 6.71. The predicted molar refractivity (Wildman–Crippen MR) is 106 cm³/mol. The highest BCUT2D eigenvalue weighted by Gasteiger charge is 2.20. The van der Waals surface area contributed by atoms with Gasteiger partial charge in [-0.3, -0.25) is 4.79 Å². The Morgan fingerprint density at radius 3 is 2.40 bits per heavy atom. The molecule has 5 heteroatoms. The number of anilines is 1. The van der Waals surface area contributed by atoms with E-state index in [-0.39, 0.29) is 11.2 Å². The van der Waals surface area contributed by atoms with Gasteiger partial charge in [-0.1, -0.05) is 44.7 Å². The van der Waals surface area contributed by atoms with Crippen molar-refractivity contribution in [2.24, 2.45) is 5.92 Å². The van der Waals surface area contributed by atoms with E-state index in [9.17, 15) is 4.79 Å². The van der Waals surface area contributed by atoms with Gasteiger partial charge in [0.05, 0.1) is 10.9 Å². The van der Waals surface area contributed by atoms with E-state index in [2.05, 4.69) is 54.7 Å². The van der Waals surface area contributed by atoms with Crippen molar-refractivity contribution in [3.05, 3.63) is 41.2 Å². The zero-order valence-electron chi connectivity index (χ0n) is 16.1. The summed E-state index contributed by atoms with van der Waals surface area (Å²) in [6, 6.07) is 8.02. The summed E-state index contributed by atoms with van der Waals surface area (Å²) in [5, 5.41) is 3.71. The molecule has 0 radical (unpaired) electrons. The number of aryl methyl sites for hydroxylation is 2. The van der Waals surface area contributed by atoms with Gasteiger partial charge in [-0.05, 0) is 50.8 Å². The highest BCUT2D eigenvalue weighted by molar-refractivity contribution is 8.00. The zero-order chi connectivity index (χ0) is 18.6. The Morgan fingerprint density at radius 2 is 1.84 bits per heavy atom. The molecule has 2 rings (SSSR count). The zero-order valence-corrected chi connectivity index (χ0v) is 16.9. The molecule has 2 aromatic rings. The fourth-order valence-electron chi connectivity index (χ4n) is 2.57. The van der Waals surface area contributed by atoms with Gasteiger partial charge in [0.15, 0.2) is 5.16 Å². The number of hydrogen-bond acceptors (Lipinski definition) is 3. The van der Waals surface area contributed by atoms with Gasteiger partial charge in [0.25, 0.3) is 0 Å². The van der Waals surface area contributed by atoms with Gasteiger partial charge in [0.1, 0.15) is 0 Å². The minimum Gasteiger partial charge on any atom is -0.325 e. The minimum atomic E-state index is -0.210. The number of rotatable bonds is 7. The summed E-state index contributed by atoms with van der Waals surface area (Å²) >= 11 is 1.52. The molecule has 136 valence electrons. The topological polar surface area (TPSA) is 46.9 Å². The number of hydrogen-bond donors (Lipinski definition) is 1. The van der Waals surface area contributed by atoms with Gasteiger partial charge >= 0.3 is 0 Å².